The average molecular weight is 767 g/mol. The number of rotatable bonds is 4. The molecule has 0 bridgehead atoms. The Morgan fingerprint density at radius 3 is 2.27 bits per heavy atom. The van der Waals surface area contributed by atoms with Gasteiger partial charge < -0.3 is 9.84 Å². The van der Waals surface area contributed by atoms with Crippen molar-refractivity contribution in [3.8, 4) is 11.5 Å². The van der Waals surface area contributed by atoms with Crippen molar-refractivity contribution in [1.82, 2.24) is 0 Å². The monoisotopic (exact) mass is 766 g/mol. The first-order valence-electron chi connectivity index (χ1n) is 14.4. The summed E-state index contributed by atoms with van der Waals surface area (Å²) in [5.41, 5.74) is 1.42. The Kier molecular flexibility index (Phi) is 7.00. The molecule has 2 heterocycles. The van der Waals surface area contributed by atoms with Gasteiger partial charge in [0.1, 0.15) is 0 Å². The largest absolute Gasteiger partial charge is 0.504 e. The quantitative estimate of drug-likeness (QED) is 0.193. The van der Waals surface area contributed by atoms with E-state index in [1.807, 2.05) is 47.7 Å². The molecule has 2 saturated heterocycles. The first kappa shape index (κ1) is 29.2. The van der Waals surface area contributed by atoms with Crippen molar-refractivity contribution in [3.63, 3.8) is 0 Å². The third kappa shape index (κ3) is 4.06. The Labute approximate surface area is 276 Å². The van der Waals surface area contributed by atoms with E-state index in [1.165, 1.54) is 16.9 Å². The van der Waals surface area contributed by atoms with Crippen molar-refractivity contribution < 1.29 is 29.0 Å². The molecule has 8 nitrogen and oxygen atoms in total. The van der Waals surface area contributed by atoms with Crippen LogP contribution in [-0.2, 0) is 19.2 Å². The van der Waals surface area contributed by atoms with Gasteiger partial charge in [0, 0.05) is 10.4 Å². The predicted molar refractivity (Wildman–Crippen MR) is 175 cm³/mol. The second-order valence-corrected chi connectivity index (χ2v) is 14.1. The molecule has 3 aromatic carbocycles. The number of hydrogen-bond donors (Lipinski definition) is 1. The van der Waals surface area contributed by atoms with Crippen LogP contribution in [0.3, 0.4) is 0 Å². The number of halogens is 2. The van der Waals surface area contributed by atoms with Crippen LogP contribution in [0.25, 0.3) is 0 Å². The van der Waals surface area contributed by atoms with Crippen LogP contribution in [0.15, 0.2) is 82.9 Å². The number of fused-ring (bicyclic) bond motifs is 4. The molecule has 0 aromatic heterocycles. The maximum Gasteiger partial charge on any atom is 0.241 e. The van der Waals surface area contributed by atoms with E-state index in [4.69, 9.17) is 4.74 Å². The smallest absolute Gasteiger partial charge is 0.241 e. The van der Waals surface area contributed by atoms with Crippen LogP contribution in [0.2, 0.25) is 0 Å². The van der Waals surface area contributed by atoms with E-state index >= 15 is 0 Å². The Balaban J connectivity index is 1.39. The van der Waals surface area contributed by atoms with Crippen LogP contribution in [0.1, 0.15) is 31.2 Å². The van der Waals surface area contributed by atoms with E-state index in [0.29, 0.717) is 26.9 Å². The summed E-state index contributed by atoms with van der Waals surface area (Å²) >= 11 is 5.45. The number of carbonyl (C=O) groups excluding carboxylic acids is 4. The molecule has 1 N–H and O–H groups in total. The standard InChI is InChI=1S/C34H28BrIN2O6/c1-34-24(31(41)38(33(34)43)19-6-4-3-5-7-19)16-23-21(28(34)17-14-25(36)29(39)26(15-17)44-2)12-13-22-27(23)32(42)37(30(22)40)20-10-8-18(35)9-11-20/h3-12,14-15,22-24,27-28,39H,13,16H2,1-2H3. The topological polar surface area (TPSA) is 104 Å². The normalized spacial score (nSPS) is 29.4. The molecule has 2 aliphatic heterocycles. The van der Waals surface area contributed by atoms with Crippen LogP contribution in [0.4, 0.5) is 11.4 Å². The number of phenolic OH excluding ortho intramolecular Hbond substituents is 1. The summed E-state index contributed by atoms with van der Waals surface area (Å²) in [6, 6.07) is 19.5. The van der Waals surface area contributed by atoms with Crippen LogP contribution >= 0.6 is 38.5 Å². The van der Waals surface area contributed by atoms with Gasteiger partial charge in [0.2, 0.25) is 23.6 Å². The number of allylic oxidation sites excluding steroid dienone is 2. The van der Waals surface area contributed by atoms with Crippen molar-refractivity contribution in [2.24, 2.45) is 29.1 Å². The third-order valence-electron chi connectivity index (χ3n) is 9.98. The lowest BCUT2D eigenvalue weighted by molar-refractivity contribution is -0.131. The molecule has 3 aromatic rings. The lowest BCUT2D eigenvalue weighted by Gasteiger charge is -2.49. The maximum absolute atomic E-state index is 14.5. The molecule has 4 aliphatic rings. The number of phenols is 1. The molecule has 6 unspecified atom stereocenters. The minimum Gasteiger partial charge on any atom is -0.504 e. The molecular formula is C34H28BrIN2O6. The molecule has 44 heavy (non-hydrogen) atoms. The van der Waals surface area contributed by atoms with Crippen LogP contribution in [-0.4, -0.2) is 35.8 Å². The summed E-state index contributed by atoms with van der Waals surface area (Å²) in [5, 5.41) is 10.7. The highest BCUT2D eigenvalue weighted by molar-refractivity contribution is 14.1. The molecule has 0 spiro atoms. The lowest BCUT2D eigenvalue weighted by Crippen LogP contribution is -2.48. The molecule has 4 amide bonds. The number of aromatic hydroxyl groups is 1. The minimum absolute atomic E-state index is 0.00922. The fourth-order valence-electron chi connectivity index (χ4n) is 7.98. The van der Waals surface area contributed by atoms with E-state index < -0.39 is 35.0 Å². The van der Waals surface area contributed by atoms with Gasteiger partial charge in [0.25, 0.3) is 0 Å². The number of nitrogens with zero attached hydrogens (tertiary/aromatic N) is 2. The van der Waals surface area contributed by atoms with Gasteiger partial charge in [-0.2, -0.15) is 0 Å². The first-order chi connectivity index (χ1) is 21.1. The van der Waals surface area contributed by atoms with Crippen molar-refractivity contribution in [2.75, 3.05) is 16.9 Å². The van der Waals surface area contributed by atoms with Gasteiger partial charge in [-0.15, -0.1) is 0 Å². The van der Waals surface area contributed by atoms with Gasteiger partial charge in [-0.25, -0.2) is 4.90 Å². The van der Waals surface area contributed by atoms with Gasteiger partial charge in [-0.05, 0) is 102 Å². The van der Waals surface area contributed by atoms with Crippen molar-refractivity contribution >= 4 is 73.5 Å². The number of imide groups is 2. The molecule has 224 valence electrons. The zero-order valence-electron chi connectivity index (χ0n) is 23.9. The number of carbonyl (C=O) groups is 4. The van der Waals surface area contributed by atoms with Crippen molar-refractivity contribution in [2.45, 2.75) is 25.7 Å². The highest BCUT2D eigenvalue weighted by atomic mass is 127. The Morgan fingerprint density at radius 1 is 0.909 bits per heavy atom. The molecule has 6 atom stereocenters. The van der Waals surface area contributed by atoms with Crippen LogP contribution in [0, 0.1) is 32.7 Å². The van der Waals surface area contributed by atoms with Gasteiger partial charge in [0.05, 0.1) is 45.2 Å². The van der Waals surface area contributed by atoms with E-state index in [0.717, 1.165) is 10.0 Å². The van der Waals surface area contributed by atoms with E-state index in [-0.39, 0.29) is 41.5 Å². The highest BCUT2D eigenvalue weighted by Gasteiger charge is 2.67. The Bertz CT molecular complexity index is 1780. The maximum atomic E-state index is 14.5. The van der Waals surface area contributed by atoms with Crippen LogP contribution in [0.5, 0.6) is 11.5 Å². The van der Waals surface area contributed by atoms with Crippen molar-refractivity contribution in [3.05, 3.63) is 92.0 Å². The molecule has 7 rings (SSSR count). The molecule has 2 aliphatic carbocycles. The lowest BCUT2D eigenvalue weighted by atomic mass is 9.51. The molecular weight excluding hydrogens is 739 g/mol. The van der Waals surface area contributed by atoms with E-state index in [2.05, 4.69) is 15.9 Å². The summed E-state index contributed by atoms with van der Waals surface area (Å²) in [5.74, 6) is -3.88. The fraction of sp³-hybridized carbons (Fsp3) is 0.294. The van der Waals surface area contributed by atoms with Gasteiger partial charge >= 0.3 is 0 Å². The molecule has 1 saturated carbocycles. The molecule has 10 heteroatoms. The Hall–Kier alpha value is -3.51. The van der Waals surface area contributed by atoms with Crippen LogP contribution < -0.4 is 14.5 Å². The first-order valence-corrected chi connectivity index (χ1v) is 16.3. The zero-order chi connectivity index (χ0) is 31.1. The summed E-state index contributed by atoms with van der Waals surface area (Å²) in [6.45, 7) is 1.84. The van der Waals surface area contributed by atoms with E-state index in [9.17, 15) is 24.3 Å². The third-order valence-corrected chi connectivity index (χ3v) is 11.3. The average Bonchev–Trinajstić information content (AvgIpc) is 3.39. The highest BCUT2D eigenvalue weighted by Crippen LogP contribution is 2.64. The summed E-state index contributed by atoms with van der Waals surface area (Å²) in [7, 11) is 1.47. The number of anilines is 2. The van der Waals surface area contributed by atoms with E-state index in [1.54, 1.807) is 54.6 Å². The number of ether oxygens (including phenoxy) is 1. The number of methoxy groups -OCH3 is 1. The fourth-order valence-corrected chi connectivity index (χ4v) is 8.87. The number of benzene rings is 3. The summed E-state index contributed by atoms with van der Waals surface area (Å²) in [4.78, 5) is 59.3. The summed E-state index contributed by atoms with van der Waals surface area (Å²) < 4.78 is 6.88. The second kappa shape index (κ2) is 10.5. The van der Waals surface area contributed by atoms with Gasteiger partial charge in [0.15, 0.2) is 11.5 Å². The molecule has 3 fully saturated rings. The van der Waals surface area contributed by atoms with Gasteiger partial charge in [-0.3, -0.25) is 24.1 Å². The SMILES string of the molecule is COc1cc(C2C3=CCC4C(=O)N(c5ccc(Br)cc5)C(=O)C4C3CC3C(=O)N(c4ccccc4)C(=O)C32C)cc(I)c1O. The van der Waals surface area contributed by atoms with Crippen molar-refractivity contribution in [1.29, 1.82) is 0 Å². The molecule has 0 radical (unpaired) electrons. The summed E-state index contributed by atoms with van der Waals surface area (Å²) in [6.07, 6.45) is 2.64. The predicted octanol–water partition coefficient (Wildman–Crippen LogP) is 6.20. The second-order valence-electron chi connectivity index (χ2n) is 12.0. The number of amides is 4. The minimum atomic E-state index is -1.18. The number of para-hydroxylation sites is 1. The Morgan fingerprint density at radius 2 is 1.59 bits per heavy atom. The number of hydrogen-bond acceptors (Lipinski definition) is 6. The zero-order valence-corrected chi connectivity index (χ0v) is 27.6. The van der Waals surface area contributed by atoms with Gasteiger partial charge in [-0.1, -0.05) is 45.8 Å².